The summed E-state index contributed by atoms with van der Waals surface area (Å²) >= 11 is 4.58. The SMILES string of the molecule is CCOC(=O)c1c(NC(=O)Cn2cc(Br)ccc2=O)sc(C)c1C. The van der Waals surface area contributed by atoms with Gasteiger partial charge in [0.05, 0.1) is 12.2 Å². The maximum absolute atomic E-state index is 12.3. The minimum atomic E-state index is -0.464. The smallest absolute Gasteiger partial charge is 0.341 e. The fourth-order valence-corrected chi connectivity index (χ4v) is 3.55. The van der Waals surface area contributed by atoms with E-state index < -0.39 is 5.97 Å². The predicted octanol–water partition coefficient (Wildman–Crippen LogP) is 3.10. The molecule has 6 nitrogen and oxygen atoms in total. The molecule has 8 heteroatoms. The number of rotatable bonds is 5. The zero-order chi connectivity index (χ0) is 17.9. The molecule has 128 valence electrons. The van der Waals surface area contributed by atoms with Gasteiger partial charge in [0.25, 0.3) is 5.56 Å². The fraction of sp³-hybridized carbons (Fsp3) is 0.312. The van der Waals surface area contributed by atoms with Gasteiger partial charge in [-0.05, 0) is 48.3 Å². The number of anilines is 1. The lowest BCUT2D eigenvalue weighted by Crippen LogP contribution is -2.27. The molecule has 2 aromatic rings. The Hall–Kier alpha value is -1.93. The minimum Gasteiger partial charge on any atom is -0.462 e. The Balaban J connectivity index is 2.23. The molecule has 2 heterocycles. The molecule has 0 aromatic carbocycles. The molecule has 2 rings (SSSR count). The van der Waals surface area contributed by atoms with E-state index in [9.17, 15) is 14.4 Å². The van der Waals surface area contributed by atoms with Crippen LogP contribution in [0.25, 0.3) is 0 Å². The number of carbonyl (C=O) groups is 2. The lowest BCUT2D eigenvalue weighted by molar-refractivity contribution is -0.116. The normalized spacial score (nSPS) is 10.5. The average molecular weight is 413 g/mol. The van der Waals surface area contributed by atoms with Gasteiger partial charge in [-0.3, -0.25) is 9.59 Å². The molecule has 0 unspecified atom stereocenters. The average Bonchev–Trinajstić information content (AvgIpc) is 2.77. The molecule has 0 aliphatic rings. The van der Waals surface area contributed by atoms with Crippen LogP contribution < -0.4 is 10.9 Å². The molecule has 0 aliphatic carbocycles. The van der Waals surface area contributed by atoms with Crippen LogP contribution >= 0.6 is 27.3 Å². The summed E-state index contributed by atoms with van der Waals surface area (Å²) in [6.45, 7) is 5.53. The number of hydrogen-bond acceptors (Lipinski definition) is 5. The van der Waals surface area contributed by atoms with E-state index in [1.165, 1.54) is 22.0 Å². The maximum atomic E-state index is 12.3. The zero-order valence-corrected chi connectivity index (χ0v) is 15.9. The summed E-state index contributed by atoms with van der Waals surface area (Å²) in [7, 11) is 0. The Kier molecular flexibility index (Phi) is 5.95. The number of aromatic nitrogens is 1. The van der Waals surface area contributed by atoms with Crippen LogP contribution in [0.4, 0.5) is 5.00 Å². The molecule has 0 aliphatic heterocycles. The van der Waals surface area contributed by atoms with Crippen LogP contribution in [0.5, 0.6) is 0 Å². The molecule has 0 bridgehead atoms. The van der Waals surface area contributed by atoms with Crippen molar-refractivity contribution in [3.8, 4) is 0 Å². The van der Waals surface area contributed by atoms with Gasteiger partial charge in [-0.2, -0.15) is 0 Å². The number of amides is 1. The lowest BCUT2D eigenvalue weighted by Gasteiger charge is -2.08. The second kappa shape index (κ2) is 7.76. The molecule has 1 amide bonds. The van der Waals surface area contributed by atoms with Gasteiger partial charge in [0.1, 0.15) is 11.5 Å². The third-order valence-electron chi connectivity index (χ3n) is 3.38. The van der Waals surface area contributed by atoms with E-state index in [2.05, 4.69) is 21.2 Å². The van der Waals surface area contributed by atoms with Crippen molar-refractivity contribution in [2.24, 2.45) is 0 Å². The number of ether oxygens (including phenoxy) is 1. The van der Waals surface area contributed by atoms with Gasteiger partial charge >= 0.3 is 5.97 Å². The summed E-state index contributed by atoms with van der Waals surface area (Å²) in [5.74, 6) is -0.851. The Morgan fingerprint density at radius 1 is 1.33 bits per heavy atom. The van der Waals surface area contributed by atoms with Crippen molar-refractivity contribution in [2.45, 2.75) is 27.3 Å². The van der Waals surface area contributed by atoms with Crippen molar-refractivity contribution in [1.82, 2.24) is 4.57 Å². The number of carbonyl (C=O) groups excluding carboxylic acids is 2. The molecule has 1 N–H and O–H groups in total. The predicted molar refractivity (Wildman–Crippen MR) is 96.8 cm³/mol. The van der Waals surface area contributed by atoms with Crippen molar-refractivity contribution < 1.29 is 14.3 Å². The van der Waals surface area contributed by atoms with E-state index >= 15 is 0 Å². The van der Waals surface area contributed by atoms with Crippen molar-refractivity contribution in [3.05, 3.63) is 49.2 Å². The highest BCUT2D eigenvalue weighted by Crippen LogP contribution is 2.33. The first-order valence-electron chi connectivity index (χ1n) is 7.26. The summed E-state index contributed by atoms with van der Waals surface area (Å²) in [6, 6.07) is 2.99. The third kappa shape index (κ3) is 4.12. The monoisotopic (exact) mass is 412 g/mol. The Morgan fingerprint density at radius 2 is 2.04 bits per heavy atom. The van der Waals surface area contributed by atoms with Crippen molar-refractivity contribution >= 4 is 44.1 Å². The Labute approximate surface area is 151 Å². The molecular weight excluding hydrogens is 396 g/mol. The quantitative estimate of drug-likeness (QED) is 0.765. The minimum absolute atomic E-state index is 0.142. The van der Waals surface area contributed by atoms with Gasteiger partial charge in [-0.1, -0.05) is 0 Å². The number of halogens is 1. The van der Waals surface area contributed by atoms with Crippen LogP contribution in [0.1, 0.15) is 27.7 Å². The van der Waals surface area contributed by atoms with Crippen LogP contribution in [0.2, 0.25) is 0 Å². The standard InChI is InChI=1S/C16H17BrN2O4S/c1-4-23-16(22)14-9(2)10(3)24-15(14)18-12(20)8-19-7-11(17)5-6-13(19)21/h5-7H,4,8H2,1-3H3,(H,18,20). The van der Waals surface area contributed by atoms with Gasteiger partial charge in [0.2, 0.25) is 5.91 Å². The van der Waals surface area contributed by atoms with Crippen molar-refractivity contribution in [1.29, 1.82) is 0 Å². The second-order valence-electron chi connectivity index (χ2n) is 5.07. The van der Waals surface area contributed by atoms with Gasteiger partial charge in [0.15, 0.2) is 0 Å². The van der Waals surface area contributed by atoms with Crippen molar-refractivity contribution in [3.63, 3.8) is 0 Å². The third-order valence-corrected chi connectivity index (χ3v) is 4.97. The first kappa shape index (κ1) is 18.4. The Bertz CT molecular complexity index is 841. The van der Waals surface area contributed by atoms with E-state index in [0.29, 0.717) is 15.0 Å². The molecule has 24 heavy (non-hydrogen) atoms. The molecular formula is C16H17BrN2O4S. The highest BCUT2D eigenvalue weighted by atomic mass is 79.9. The zero-order valence-electron chi connectivity index (χ0n) is 13.5. The highest BCUT2D eigenvalue weighted by molar-refractivity contribution is 9.10. The second-order valence-corrected chi connectivity index (χ2v) is 7.21. The maximum Gasteiger partial charge on any atom is 0.341 e. The van der Waals surface area contributed by atoms with E-state index in [0.717, 1.165) is 10.4 Å². The van der Waals surface area contributed by atoms with E-state index in [1.54, 1.807) is 19.2 Å². The molecule has 0 fully saturated rings. The van der Waals surface area contributed by atoms with Crippen LogP contribution in [0.15, 0.2) is 27.6 Å². The van der Waals surface area contributed by atoms with Crippen LogP contribution in [-0.4, -0.2) is 23.1 Å². The van der Waals surface area contributed by atoms with E-state index in [1.807, 2.05) is 13.8 Å². The lowest BCUT2D eigenvalue weighted by atomic mass is 10.1. The van der Waals surface area contributed by atoms with E-state index in [4.69, 9.17) is 4.74 Å². The largest absolute Gasteiger partial charge is 0.462 e. The summed E-state index contributed by atoms with van der Waals surface area (Å²) in [5.41, 5.74) is 0.875. The Morgan fingerprint density at radius 3 is 2.71 bits per heavy atom. The van der Waals surface area contributed by atoms with Gasteiger partial charge in [-0.25, -0.2) is 4.79 Å². The molecule has 0 spiro atoms. The van der Waals surface area contributed by atoms with Crippen molar-refractivity contribution in [2.75, 3.05) is 11.9 Å². The molecule has 0 saturated heterocycles. The fourth-order valence-electron chi connectivity index (χ4n) is 2.11. The van der Waals surface area contributed by atoms with Gasteiger partial charge < -0.3 is 14.6 Å². The molecule has 0 radical (unpaired) electrons. The summed E-state index contributed by atoms with van der Waals surface area (Å²) in [4.78, 5) is 37.1. The number of pyridine rings is 1. The topological polar surface area (TPSA) is 77.4 Å². The molecule has 0 saturated carbocycles. The van der Waals surface area contributed by atoms with E-state index in [-0.39, 0.29) is 24.6 Å². The summed E-state index contributed by atoms with van der Waals surface area (Å²) in [5, 5.41) is 3.15. The van der Waals surface area contributed by atoms with Crippen LogP contribution in [0, 0.1) is 13.8 Å². The van der Waals surface area contributed by atoms with Crippen LogP contribution in [0.3, 0.4) is 0 Å². The first-order chi connectivity index (χ1) is 11.3. The number of thiophene rings is 1. The molecule has 0 atom stereocenters. The first-order valence-corrected chi connectivity index (χ1v) is 8.87. The van der Waals surface area contributed by atoms with Gasteiger partial charge in [-0.15, -0.1) is 11.3 Å². The number of nitrogens with one attached hydrogen (secondary N) is 1. The number of nitrogens with zero attached hydrogens (tertiary/aromatic N) is 1. The van der Waals surface area contributed by atoms with Crippen LogP contribution in [-0.2, 0) is 16.1 Å². The highest BCUT2D eigenvalue weighted by Gasteiger charge is 2.22. The summed E-state index contributed by atoms with van der Waals surface area (Å²) < 4.78 is 7.04. The number of aryl methyl sites for hydroxylation is 1. The molecule has 2 aromatic heterocycles. The number of hydrogen-bond donors (Lipinski definition) is 1. The van der Waals surface area contributed by atoms with Gasteiger partial charge in [0, 0.05) is 21.6 Å². The summed E-state index contributed by atoms with van der Waals surface area (Å²) in [6.07, 6.45) is 1.54. The number of esters is 1.